The molecule has 158 valence electrons. The number of fused-ring (bicyclic) bond motifs is 4. The molecule has 3 aliphatic heterocycles. The first-order chi connectivity index (χ1) is 15.3. The second kappa shape index (κ2) is 7.94. The average molecular weight is 415 g/mol. The molecule has 1 fully saturated rings. The predicted molar refractivity (Wildman–Crippen MR) is 120 cm³/mol. The third-order valence-corrected chi connectivity index (χ3v) is 6.69. The summed E-state index contributed by atoms with van der Waals surface area (Å²) in [6, 6.07) is 17.4. The quantitative estimate of drug-likeness (QED) is 0.656. The highest BCUT2D eigenvalue weighted by Crippen LogP contribution is 2.33. The zero-order valence-electron chi connectivity index (χ0n) is 17.5. The van der Waals surface area contributed by atoms with E-state index < -0.39 is 0 Å². The van der Waals surface area contributed by atoms with E-state index in [0.717, 1.165) is 56.3 Å². The lowest BCUT2D eigenvalue weighted by molar-refractivity contribution is 0.00848. The van der Waals surface area contributed by atoms with Gasteiger partial charge in [-0.05, 0) is 28.5 Å². The lowest BCUT2D eigenvalue weighted by Crippen LogP contribution is -2.50. The Morgan fingerprint density at radius 1 is 0.935 bits per heavy atom. The first-order valence-corrected chi connectivity index (χ1v) is 11.1. The van der Waals surface area contributed by atoms with Crippen molar-refractivity contribution in [2.24, 2.45) is 11.1 Å². The summed E-state index contributed by atoms with van der Waals surface area (Å²) < 4.78 is 5.92. The summed E-state index contributed by atoms with van der Waals surface area (Å²) in [4.78, 5) is 15.0. The molecule has 1 aromatic heterocycles. The molecule has 0 aliphatic carbocycles. The summed E-state index contributed by atoms with van der Waals surface area (Å²) in [6.07, 6.45) is 3.61. The van der Waals surface area contributed by atoms with Crippen LogP contribution in [0.3, 0.4) is 0 Å². The molecule has 2 atom stereocenters. The fraction of sp³-hybridized carbons (Fsp3) is 0.360. The highest BCUT2D eigenvalue weighted by Gasteiger charge is 2.40. The van der Waals surface area contributed by atoms with Crippen LogP contribution in [0.5, 0.6) is 5.75 Å². The fourth-order valence-electron chi connectivity index (χ4n) is 4.90. The van der Waals surface area contributed by atoms with Crippen LogP contribution >= 0.6 is 0 Å². The first kappa shape index (κ1) is 18.8. The van der Waals surface area contributed by atoms with E-state index in [4.69, 9.17) is 9.57 Å². The molecule has 6 heteroatoms. The zero-order chi connectivity index (χ0) is 20.6. The van der Waals surface area contributed by atoms with Gasteiger partial charge in [-0.25, -0.2) is 0 Å². The Labute approximate surface area is 182 Å². The molecule has 0 saturated carbocycles. The molecule has 0 N–H and O–H groups in total. The number of nitrogens with zero attached hydrogens (tertiary/aromatic N) is 4. The standard InChI is InChI=1S/C25H26N4O2/c1-2-4-20-13-18(5-6-19(20)3-1)15-28-9-11-29(12-10-28)16-24-22-17-30-23-14-26-8-7-21(23)25(22)27-31-24/h1-8,13-14,22,24H,9-12,15-17H2. The summed E-state index contributed by atoms with van der Waals surface area (Å²) in [6.45, 7) is 6.77. The van der Waals surface area contributed by atoms with Crippen molar-refractivity contribution >= 4 is 16.5 Å². The highest BCUT2D eigenvalue weighted by molar-refractivity contribution is 6.05. The van der Waals surface area contributed by atoms with Crippen molar-refractivity contribution in [2.45, 2.75) is 12.6 Å². The van der Waals surface area contributed by atoms with Gasteiger partial charge in [0.1, 0.15) is 18.1 Å². The second-order valence-corrected chi connectivity index (χ2v) is 8.67. The number of hydrogen-bond donors (Lipinski definition) is 0. The van der Waals surface area contributed by atoms with Crippen LogP contribution in [0.15, 0.2) is 66.1 Å². The summed E-state index contributed by atoms with van der Waals surface area (Å²) >= 11 is 0. The molecule has 3 aliphatic rings. The number of benzene rings is 2. The molecule has 0 radical (unpaired) electrons. The molecule has 0 amide bonds. The number of rotatable bonds is 4. The van der Waals surface area contributed by atoms with Gasteiger partial charge in [-0.3, -0.25) is 14.8 Å². The molecular formula is C25H26N4O2. The lowest BCUT2D eigenvalue weighted by atomic mass is 9.91. The summed E-state index contributed by atoms with van der Waals surface area (Å²) in [5.41, 5.74) is 3.43. The number of piperazine rings is 1. The van der Waals surface area contributed by atoms with Crippen LogP contribution in [0.1, 0.15) is 11.1 Å². The van der Waals surface area contributed by atoms with Crippen LogP contribution in [0.2, 0.25) is 0 Å². The minimum atomic E-state index is 0.0587. The molecule has 3 aromatic rings. The molecule has 4 heterocycles. The maximum absolute atomic E-state index is 5.92. The van der Waals surface area contributed by atoms with E-state index in [0.29, 0.717) is 6.61 Å². The van der Waals surface area contributed by atoms with E-state index in [1.165, 1.54) is 16.3 Å². The van der Waals surface area contributed by atoms with E-state index >= 15 is 0 Å². The third-order valence-electron chi connectivity index (χ3n) is 6.69. The number of pyridine rings is 1. The smallest absolute Gasteiger partial charge is 0.151 e. The Balaban J connectivity index is 1.04. The molecule has 2 aromatic carbocycles. The largest absolute Gasteiger partial charge is 0.490 e. The van der Waals surface area contributed by atoms with Crippen LogP contribution in [0, 0.1) is 5.92 Å². The molecule has 6 nitrogen and oxygen atoms in total. The van der Waals surface area contributed by atoms with Crippen molar-refractivity contribution in [1.29, 1.82) is 0 Å². The maximum Gasteiger partial charge on any atom is 0.151 e. The first-order valence-electron chi connectivity index (χ1n) is 11.1. The van der Waals surface area contributed by atoms with Crippen LogP contribution in [0.4, 0.5) is 0 Å². The van der Waals surface area contributed by atoms with Crippen molar-refractivity contribution in [2.75, 3.05) is 39.3 Å². The van der Waals surface area contributed by atoms with Crippen molar-refractivity contribution in [3.05, 3.63) is 72.1 Å². The zero-order valence-corrected chi connectivity index (χ0v) is 17.5. The molecule has 0 spiro atoms. The van der Waals surface area contributed by atoms with Crippen LogP contribution in [0.25, 0.3) is 10.8 Å². The Morgan fingerprint density at radius 2 is 1.77 bits per heavy atom. The number of aromatic nitrogens is 1. The van der Waals surface area contributed by atoms with Gasteiger partial charge in [0.15, 0.2) is 6.10 Å². The van der Waals surface area contributed by atoms with Crippen molar-refractivity contribution in [3.63, 3.8) is 0 Å². The van der Waals surface area contributed by atoms with E-state index in [-0.39, 0.29) is 12.0 Å². The minimum absolute atomic E-state index is 0.0587. The summed E-state index contributed by atoms with van der Waals surface area (Å²) in [5.74, 6) is 1.01. The minimum Gasteiger partial charge on any atom is -0.490 e. The second-order valence-electron chi connectivity index (χ2n) is 8.67. The van der Waals surface area contributed by atoms with Crippen molar-refractivity contribution in [3.8, 4) is 5.75 Å². The predicted octanol–water partition coefficient (Wildman–Crippen LogP) is 3.16. The lowest BCUT2D eigenvalue weighted by Gasteiger charge is -2.36. The van der Waals surface area contributed by atoms with Crippen LogP contribution in [-0.2, 0) is 11.4 Å². The Hall–Kier alpha value is -2.96. The van der Waals surface area contributed by atoms with Gasteiger partial charge in [-0.2, -0.15) is 0 Å². The van der Waals surface area contributed by atoms with Crippen molar-refractivity contribution in [1.82, 2.24) is 14.8 Å². The van der Waals surface area contributed by atoms with Gasteiger partial charge in [0.05, 0.1) is 12.1 Å². The molecule has 0 bridgehead atoms. The normalized spacial score (nSPS) is 23.5. The molecule has 31 heavy (non-hydrogen) atoms. The fourth-order valence-corrected chi connectivity index (χ4v) is 4.90. The summed E-state index contributed by atoms with van der Waals surface area (Å²) in [7, 11) is 0. The number of oxime groups is 1. The molecule has 1 saturated heterocycles. The van der Waals surface area contributed by atoms with Crippen LogP contribution in [-0.4, -0.2) is 65.9 Å². The van der Waals surface area contributed by atoms with Crippen LogP contribution < -0.4 is 4.74 Å². The molecule has 2 unspecified atom stereocenters. The van der Waals surface area contributed by atoms with Gasteiger partial charge < -0.3 is 9.57 Å². The maximum atomic E-state index is 5.92. The van der Waals surface area contributed by atoms with Crippen molar-refractivity contribution < 1.29 is 9.57 Å². The van der Waals surface area contributed by atoms with E-state index in [1.54, 1.807) is 12.4 Å². The monoisotopic (exact) mass is 414 g/mol. The Morgan fingerprint density at radius 3 is 2.68 bits per heavy atom. The van der Waals surface area contributed by atoms with E-state index in [2.05, 4.69) is 62.4 Å². The summed E-state index contributed by atoms with van der Waals surface area (Å²) in [5, 5.41) is 7.04. The van der Waals surface area contributed by atoms with E-state index in [1.807, 2.05) is 6.07 Å². The Kier molecular flexibility index (Phi) is 4.81. The van der Waals surface area contributed by atoms with Gasteiger partial charge in [0.2, 0.25) is 0 Å². The van der Waals surface area contributed by atoms with E-state index in [9.17, 15) is 0 Å². The van der Waals surface area contributed by atoms with Gasteiger partial charge >= 0.3 is 0 Å². The third kappa shape index (κ3) is 3.66. The van der Waals surface area contributed by atoms with Gasteiger partial charge in [0, 0.05) is 51.0 Å². The van der Waals surface area contributed by atoms with Gasteiger partial charge in [0.25, 0.3) is 0 Å². The number of ether oxygens (including phenoxy) is 1. The topological polar surface area (TPSA) is 50.2 Å². The highest BCUT2D eigenvalue weighted by atomic mass is 16.6. The van der Waals surface area contributed by atoms with Gasteiger partial charge in [-0.15, -0.1) is 0 Å². The average Bonchev–Trinajstić information content (AvgIpc) is 3.23. The SMILES string of the molecule is c1ccc2cc(CN3CCN(CC4ON=C5c6ccncc6OCC54)CC3)ccc2c1. The molecule has 6 rings (SSSR count). The number of hydrogen-bond acceptors (Lipinski definition) is 6. The van der Waals surface area contributed by atoms with Gasteiger partial charge in [-0.1, -0.05) is 41.6 Å². The molecular weight excluding hydrogens is 388 g/mol. The Bertz CT molecular complexity index is 1120.